The number of fused-ring (bicyclic) bond motifs is 2. The molecule has 0 N–H and O–H groups in total. The summed E-state index contributed by atoms with van der Waals surface area (Å²) in [5, 5.41) is 0. The SMILES string of the molecule is CN(C)C(=O)C1=CC2(CCN(C3CCCCC3)CC2)c2ccccc21. The Morgan fingerprint density at radius 2 is 1.76 bits per heavy atom. The molecule has 1 saturated carbocycles. The molecule has 4 rings (SSSR count). The van der Waals surface area contributed by atoms with Gasteiger partial charge in [0.1, 0.15) is 0 Å². The van der Waals surface area contributed by atoms with Crippen molar-refractivity contribution >= 4 is 11.5 Å². The Hall–Kier alpha value is -1.61. The summed E-state index contributed by atoms with van der Waals surface area (Å²) in [5.74, 6) is 0.138. The Morgan fingerprint density at radius 1 is 1.08 bits per heavy atom. The third kappa shape index (κ3) is 2.93. The zero-order valence-electron chi connectivity index (χ0n) is 15.6. The Kier molecular flexibility index (Phi) is 4.45. The smallest absolute Gasteiger partial charge is 0.253 e. The minimum absolute atomic E-state index is 0.0722. The van der Waals surface area contributed by atoms with Crippen LogP contribution >= 0.6 is 0 Å². The molecule has 25 heavy (non-hydrogen) atoms. The molecule has 2 aliphatic carbocycles. The van der Waals surface area contributed by atoms with Crippen LogP contribution in [0.2, 0.25) is 0 Å². The minimum Gasteiger partial charge on any atom is -0.345 e. The van der Waals surface area contributed by atoms with Gasteiger partial charge in [0.25, 0.3) is 5.91 Å². The number of likely N-dealkylation sites (N-methyl/N-ethyl adjacent to an activating group) is 1. The van der Waals surface area contributed by atoms with Crippen LogP contribution in [0.15, 0.2) is 30.3 Å². The fourth-order valence-electron chi connectivity index (χ4n) is 5.15. The lowest BCUT2D eigenvalue weighted by atomic mass is 9.74. The second-order valence-electron chi connectivity index (χ2n) is 8.29. The van der Waals surface area contributed by atoms with Crippen LogP contribution in [0.3, 0.4) is 0 Å². The molecule has 0 aromatic heterocycles. The van der Waals surface area contributed by atoms with E-state index in [4.69, 9.17) is 0 Å². The van der Waals surface area contributed by atoms with Gasteiger partial charge in [-0.05, 0) is 49.9 Å². The molecule has 1 aliphatic heterocycles. The van der Waals surface area contributed by atoms with Crippen LogP contribution in [0.25, 0.3) is 5.57 Å². The Labute approximate surface area is 151 Å². The zero-order valence-corrected chi connectivity index (χ0v) is 15.6. The molecule has 0 radical (unpaired) electrons. The van der Waals surface area contributed by atoms with E-state index in [-0.39, 0.29) is 11.3 Å². The first-order chi connectivity index (χ1) is 12.1. The molecule has 1 saturated heterocycles. The van der Waals surface area contributed by atoms with E-state index in [1.807, 2.05) is 14.1 Å². The standard InChI is InChI=1S/C22H30N2O/c1-23(2)21(25)19-16-22(20-11-7-6-10-18(19)20)12-14-24(15-13-22)17-8-4-3-5-9-17/h6-7,10-11,16-17H,3-5,8-9,12-15H2,1-2H3. The normalized spacial score (nSPS) is 23.4. The molecular weight excluding hydrogens is 308 g/mol. The van der Waals surface area contributed by atoms with E-state index < -0.39 is 0 Å². The number of carbonyl (C=O) groups is 1. The molecular formula is C22H30N2O. The van der Waals surface area contributed by atoms with Crippen LogP contribution in [-0.2, 0) is 10.2 Å². The molecule has 2 fully saturated rings. The second kappa shape index (κ2) is 6.60. The molecule has 3 heteroatoms. The summed E-state index contributed by atoms with van der Waals surface area (Å²) in [5.41, 5.74) is 3.52. The number of hydrogen-bond acceptors (Lipinski definition) is 2. The van der Waals surface area contributed by atoms with Crippen LogP contribution in [0.1, 0.15) is 56.1 Å². The van der Waals surface area contributed by atoms with Gasteiger partial charge in [-0.25, -0.2) is 0 Å². The molecule has 134 valence electrons. The highest BCUT2D eigenvalue weighted by molar-refractivity contribution is 6.21. The number of benzene rings is 1. The summed E-state index contributed by atoms with van der Waals surface area (Å²) in [6, 6.07) is 9.37. The van der Waals surface area contributed by atoms with Crippen LogP contribution in [-0.4, -0.2) is 48.9 Å². The summed E-state index contributed by atoms with van der Waals surface area (Å²) in [6.07, 6.45) is 11.6. The molecule has 3 nitrogen and oxygen atoms in total. The van der Waals surface area contributed by atoms with Gasteiger partial charge in [-0.15, -0.1) is 0 Å². The lowest BCUT2D eigenvalue weighted by molar-refractivity contribution is -0.122. The summed E-state index contributed by atoms with van der Waals surface area (Å²) in [6.45, 7) is 2.33. The van der Waals surface area contributed by atoms with Crippen molar-refractivity contribution in [2.75, 3.05) is 27.2 Å². The predicted molar refractivity (Wildman–Crippen MR) is 102 cm³/mol. The largest absolute Gasteiger partial charge is 0.345 e. The van der Waals surface area contributed by atoms with Gasteiger partial charge in [0, 0.05) is 31.1 Å². The molecule has 0 atom stereocenters. The van der Waals surface area contributed by atoms with Crippen molar-refractivity contribution in [2.45, 2.75) is 56.4 Å². The Balaban J connectivity index is 1.59. The van der Waals surface area contributed by atoms with Gasteiger partial charge >= 0.3 is 0 Å². The summed E-state index contributed by atoms with van der Waals surface area (Å²) < 4.78 is 0. The highest BCUT2D eigenvalue weighted by Crippen LogP contribution is 2.47. The minimum atomic E-state index is 0.0722. The van der Waals surface area contributed by atoms with E-state index in [1.54, 1.807) is 4.90 Å². The van der Waals surface area contributed by atoms with Gasteiger partial charge in [-0.3, -0.25) is 4.79 Å². The van der Waals surface area contributed by atoms with Crippen molar-refractivity contribution in [1.82, 2.24) is 9.80 Å². The predicted octanol–water partition coefficient (Wildman–Crippen LogP) is 3.84. The number of allylic oxidation sites excluding steroid dienone is 1. The number of rotatable bonds is 2. The second-order valence-corrected chi connectivity index (χ2v) is 8.29. The van der Waals surface area contributed by atoms with Gasteiger partial charge in [-0.2, -0.15) is 0 Å². The van der Waals surface area contributed by atoms with Crippen LogP contribution in [0.5, 0.6) is 0 Å². The number of piperidine rings is 1. The fraction of sp³-hybridized carbons (Fsp3) is 0.591. The maximum Gasteiger partial charge on any atom is 0.253 e. The monoisotopic (exact) mass is 338 g/mol. The van der Waals surface area contributed by atoms with Gasteiger partial charge < -0.3 is 9.80 Å². The van der Waals surface area contributed by atoms with Crippen molar-refractivity contribution in [3.05, 3.63) is 41.5 Å². The van der Waals surface area contributed by atoms with Crippen molar-refractivity contribution < 1.29 is 4.79 Å². The molecule has 1 spiro atoms. The van der Waals surface area contributed by atoms with E-state index in [0.29, 0.717) is 0 Å². The quantitative estimate of drug-likeness (QED) is 0.818. The maximum absolute atomic E-state index is 12.7. The van der Waals surface area contributed by atoms with Crippen molar-refractivity contribution in [2.24, 2.45) is 0 Å². The summed E-state index contributed by atoms with van der Waals surface area (Å²) in [4.78, 5) is 17.1. The van der Waals surface area contributed by atoms with Gasteiger partial charge in [0.05, 0.1) is 0 Å². The summed E-state index contributed by atoms with van der Waals surface area (Å²) in [7, 11) is 3.70. The number of amides is 1. The average Bonchev–Trinajstić information content (AvgIpc) is 2.97. The molecule has 3 aliphatic rings. The molecule has 1 heterocycles. The van der Waals surface area contributed by atoms with E-state index >= 15 is 0 Å². The highest BCUT2D eigenvalue weighted by atomic mass is 16.2. The topological polar surface area (TPSA) is 23.6 Å². The van der Waals surface area contributed by atoms with Crippen LogP contribution < -0.4 is 0 Å². The molecule has 0 bridgehead atoms. The molecule has 1 aromatic rings. The van der Waals surface area contributed by atoms with E-state index in [0.717, 1.165) is 30.0 Å². The van der Waals surface area contributed by atoms with Crippen molar-refractivity contribution in [3.63, 3.8) is 0 Å². The first kappa shape index (κ1) is 16.8. The number of hydrogen-bond donors (Lipinski definition) is 0. The molecule has 0 unspecified atom stereocenters. The Morgan fingerprint density at radius 3 is 2.44 bits per heavy atom. The van der Waals surface area contributed by atoms with Gasteiger partial charge in [-0.1, -0.05) is 49.6 Å². The molecule has 1 amide bonds. The lowest BCUT2D eigenvalue weighted by Gasteiger charge is -2.43. The fourth-order valence-corrected chi connectivity index (χ4v) is 5.15. The maximum atomic E-state index is 12.7. The average molecular weight is 338 g/mol. The van der Waals surface area contributed by atoms with Crippen molar-refractivity contribution in [3.8, 4) is 0 Å². The third-order valence-corrected chi connectivity index (χ3v) is 6.59. The third-order valence-electron chi connectivity index (χ3n) is 6.59. The number of nitrogens with zero attached hydrogens (tertiary/aromatic N) is 2. The van der Waals surface area contributed by atoms with Crippen LogP contribution in [0.4, 0.5) is 0 Å². The zero-order chi connectivity index (χ0) is 17.4. The highest BCUT2D eigenvalue weighted by Gasteiger charge is 2.43. The molecule has 1 aromatic carbocycles. The Bertz CT molecular complexity index is 677. The number of likely N-dealkylation sites (tertiary alicyclic amines) is 1. The van der Waals surface area contributed by atoms with E-state index in [2.05, 4.69) is 35.2 Å². The van der Waals surface area contributed by atoms with E-state index in [1.165, 1.54) is 50.8 Å². The first-order valence-electron chi connectivity index (χ1n) is 9.89. The van der Waals surface area contributed by atoms with E-state index in [9.17, 15) is 4.79 Å². The number of carbonyl (C=O) groups excluding carboxylic acids is 1. The summed E-state index contributed by atoms with van der Waals surface area (Å²) >= 11 is 0. The lowest BCUT2D eigenvalue weighted by Crippen LogP contribution is -2.46. The first-order valence-corrected chi connectivity index (χ1v) is 9.89. The van der Waals surface area contributed by atoms with Gasteiger partial charge in [0.2, 0.25) is 0 Å². The van der Waals surface area contributed by atoms with Crippen LogP contribution in [0, 0.1) is 0 Å². The van der Waals surface area contributed by atoms with Gasteiger partial charge in [0.15, 0.2) is 0 Å². The van der Waals surface area contributed by atoms with Crippen molar-refractivity contribution in [1.29, 1.82) is 0 Å².